The van der Waals surface area contributed by atoms with Gasteiger partial charge in [-0.3, -0.25) is 0 Å². The maximum atomic E-state index is 9.03. The molecule has 0 aliphatic rings. The van der Waals surface area contributed by atoms with Gasteiger partial charge in [0.15, 0.2) is 5.69 Å². The molecule has 0 fully saturated rings. The first-order valence-electron chi connectivity index (χ1n) is 6.38. The molecule has 0 saturated heterocycles. The number of nitrogens with zero attached hydrogens (tertiary/aromatic N) is 4. The smallest absolute Gasteiger partial charge is 0.186 e. The minimum atomic E-state index is 0.399. The van der Waals surface area contributed by atoms with E-state index in [1.54, 1.807) is 4.68 Å². The van der Waals surface area contributed by atoms with Gasteiger partial charge in [-0.15, -0.1) is 5.10 Å². The number of hydrogen-bond acceptors (Lipinski definition) is 4. The Hall–Kier alpha value is -2.35. The second-order valence-corrected chi connectivity index (χ2v) is 4.09. The molecule has 1 aromatic heterocycles. The van der Waals surface area contributed by atoms with Crippen LogP contribution in [0.1, 0.15) is 31.7 Å². The van der Waals surface area contributed by atoms with E-state index in [9.17, 15) is 0 Å². The molecule has 0 amide bonds. The van der Waals surface area contributed by atoms with Crippen LogP contribution in [0, 0.1) is 11.3 Å². The lowest BCUT2D eigenvalue weighted by atomic mass is 10.2. The minimum absolute atomic E-state index is 0.399. The van der Waals surface area contributed by atoms with Gasteiger partial charge in [0.25, 0.3) is 0 Å². The van der Waals surface area contributed by atoms with Crippen LogP contribution < -0.4 is 4.74 Å². The zero-order valence-electron chi connectivity index (χ0n) is 11.1. The molecule has 98 valence electrons. The highest BCUT2D eigenvalue weighted by Crippen LogP contribution is 2.18. The number of rotatable bonds is 5. The predicted molar refractivity (Wildman–Crippen MR) is 71.2 cm³/mol. The molecular weight excluding hydrogens is 240 g/mol. The summed E-state index contributed by atoms with van der Waals surface area (Å²) in [4.78, 5) is 0. The molecule has 0 saturated carbocycles. The quantitative estimate of drug-likeness (QED) is 0.824. The van der Waals surface area contributed by atoms with Gasteiger partial charge in [0.05, 0.1) is 18.0 Å². The molecule has 0 unspecified atom stereocenters. The molecule has 1 aromatic carbocycles. The van der Waals surface area contributed by atoms with Crippen LogP contribution in [0.2, 0.25) is 0 Å². The largest absolute Gasteiger partial charge is 0.494 e. The topological polar surface area (TPSA) is 63.7 Å². The number of ether oxygens (including phenoxy) is 1. The van der Waals surface area contributed by atoms with Gasteiger partial charge in [0.1, 0.15) is 11.8 Å². The summed E-state index contributed by atoms with van der Waals surface area (Å²) in [6.07, 6.45) is 1.72. The first-order valence-corrected chi connectivity index (χ1v) is 6.38. The SMILES string of the molecule is CCCc1c(C#N)nnn1-c1ccc(OCC)cc1. The Bertz CT molecular complexity index is 580. The van der Waals surface area contributed by atoms with Crippen LogP contribution in [0.5, 0.6) is 5.75 Å². The van der Waals surface area contributed by atoms with E-state index in [0.717, 1.165) is 30.0 Å². The van der Waals surface area contributed by atoms with Crippen LogP contribution in [0.3, 0.4) is 0 Å². The first kappa shape index (κ1) is 13.1. The maximum absolute atomic E-state index is 9.03. The molecule has 1 heterocycles. The van der Waals surface area contributed by atoms with E-state index in [4.69, 9.17) is 10.00 Å². The van der Waals surface area contributed by atoms with Gasteiger partial charge < -0.3 is 4.74 Å². The van der Waals surface area contributed by atoms with E-state index in [1.807, 2.05) is 31.2 Å². The number of nitriles is 1. The van der Waals surface area contributed by atoms with Crippen LogP contribution in [0.15, 0.2) is 24.3 Å². The van der Waals surface area contributed by atoms with E-state index in [-0.39, 0.29) is 0 Å². The summed E-state index contributed by atoms with van der Waals surface area (Å²) in [5.41, 5.74) is 2.14. The molecule has 0 aliphatic heterocycles. The van der Waals surface area contributed by atoms with Crippen molar-refractivity contribution in [3.8, 4) is 17.5 Å². The Morgan fingerprint density at radius 1 is 1.26 bits per heavy atom. The predicted octanol–water partition coefficient (Wildman–Crippen LogP) is 2.49. The van der Waals surface area contributed by atoms with Crippen molar-refractivity contribution >= 4 is 0 Å². The highest BCUT2D eigenvalue weighted by molar-refractivity contribution is 5.40. The lowest BCUT2D eigenvalue weighted by Crippen LogP contribution is -2.03. The van der Waals surface area contributed by atoms with Crippen LogP contribution >= 0.6 is 0 Å². The summed E-state index contributed by atoms with van der Waals surface area (Å²) in [5.74, 6) is 0.823. The Kier molecular flexibility index (Phi) is 4.14. The molecule has 0 spiro atoms. The molecule has 5 nitrogen and oxygen atoms in total. The fraction of sp³-hybridized carbons (Fsp3) is 0.357. The van der Waals surface area contributed by atoms with E-state index in [2.05, 4.69) is 23.3 Å². The summed E-state index contributed by atoms with van der Waals surface area (Å²) in [6.45, 7) is 4.66. The molecule has 0 bridgehead atoms. The zero-order chi connectivity index (χ0) is 13.7. The van der Waals surface area contributed by atoms with Gasteiger partial charge in [0, 0.05) is 0 Å². The highest BCUT2D eigenvalue weighted by atomic mass is 16.5. The summed E-state index contributed by atoms with van der Waals surface area (Å²) < 4.78 is 7.12. The average Bonchev–Trinajstić information content (AvgIpc) is 2.83. The van der Waals surface area contributed by atoms with Crippen molar-refractivity contribution in [3.05, 3.63) is 35.7 Å². The average molecular weight is 256 g/mol. The highest BCUT2D eigenvalue weighted by Gasteiger charge is 2.12. The molecule has 19 heavy (non-hydrogen) atoms. The monoisotopic (exact) mass is 256 g/mol. The number of aromatic nitrogens is 3. The van der Waals surface area contributed by atoms with Gasteiger partial charge >= 0.3 is 0 Å². The molecule has 0 aliphatic carbocycles. The lowest BCUT2D eigenvalue weighted by Gasteiger charge is -2.07. The third kappa shape index (κ3) is 2.74. The lowest BCUT2D eigenvalue weighted by molar-refractivity contribution is 0.340. The number of hydrogen-bond donors (Lipinski definition) is 0. The van der Waals surface area contributed by atoms with Gasteiger partial charge in [-0.05, 0) is 37.6 Å². The molecule has 0 atom stereocenters. The summed E-state index contributed by atoms with van der Waals surface area (Å²) in [5, 5.41) is 17.0. The summed E-state index contributed by atoms with van der Waals surface area (Å²) in [6, 6.07) is 9.70. The Morgan fingerprint density at radius 2 is 2.00 bits per heavy atom. The van der Waals surface area contributed by atoms with Gasteiger partial charge in [-0.2, -0.15) is 5.26 Å². The molecule has 2 rings (SSSR count). The van der Waals surface area contributed by atoms with Crippen molar-refractivity contribution < 1.29 is 4.74 Å². The third-order valence-corrected chi connectivity index (χ3v) is 2.75. The van der Waals surface area contributed by atoms with Crippen LogP contribution in [-0.4, -0.2) is 21.6 Å². The van der Waals surface area contributed by atoms with Crippen molar-refractivity contribution in [2.75, 3.05) is 6.61 Å². The van der Waals surface area contributed by atoms with Crippen molar-refractivity contribution in [2.45, 2.75) is 26.7 Å². The third-order valence-electron chi connectivity index (χ3n) is 2.75. The number of benzene rings is 1. The van der Waals surface area contributed by atoms with Gasteiger partial charge in [-0.25, -0.2) is 4.68 Å². The van der Waals surface area contributed by atoms with Gasteiger partial charge in [0.2, 0.25) is 0 Å². The van der Waals surface area contributed by atoms with Gasteiger partial charge in [-0.1, -0.05) is 18.6 Å². The van der Waals surface area contributed by atoms with Crippen molar-refractivity contribution in [2.24, 2.45) is 0 Å². The normalized spacial score (nSPS) is 10.2. The fourth-order valence-electron chi connectivity index (χ4n) is 1.91. The molecule has 0 N–H and O–H groups in total. The molecular formula is C14H16N4O. The Balaban J connectivity index is 2.36. The van der Waals surface area contributed by atoms with Crippen LogP contribution in [0.4, 0.5) is 0 Å². The zero-order valence-corrected chi connectivity index (χ0v) is 11.1. The first-order chi connectivity index (χ1) is 9.30. The molecule has 2 aromatic rings. The van der Waals surface area contributed by atoms with Crippen molar-refractivity contribution in [1.82, 2.24) is 15.0 Å². The standard InChI is InChI=1S/C14H16N4O/c1-3-5-14-13(10-15)16-17-18(14)11-6-8-12(9-7-11)19-4-2/h6-9H,3-5H2,1-2H3. The summed E-state index contributed by atoms with van der Waals surface area (Å²) >= 11 is 0. The Labute approximate surface area is 112 Å². The summed E-state index contributed by atoms with van der Waals surface area (Å²) in [7, 11) is 0. The Morgan fingerprint density at radius 3 is 2.58 bits per heavy atom. The molecule has 0 radical (unpaired) electrons. The second-order valence-electron chi connectivity index (χ2n) is 4.09. The van der Waals surface area contributed by atoms with Crippen LogP contribution in [-0.2, 0) is 6.42 Å². The van der Waals surface area contributed by atoms with Crippen LogP contribution in [0.25, 0.3) is 5.69 Å². The second kappa shape index (κ2) is 6.01. The van der Waals surface area contributed by atoms with E-state index in [1.165, 1.54) is 0 Å². The minimum Gasteiger partial charge on any atom is -0.494 e. The van der Waals surface area contributed by atoms with Crippen molar-refractivity contribution in [3.63, 3.8) is 0 Å². The maximum Gasteiger partial charge on any atom is 0.186 e. The van der Waals surface area contributed by atoms with E-state index in [0.29, 0.717) is 12.3 Å². The van der Waals surface area contributed by atoms with Crippen molar-refractivity contribution in [1.29, 1.82) is 5.26 Å². The van der Waals surface area contributed by atoms with E-state index < -0.39 is 0 Å². The molecule has 5 heteroatoms. The van der Waals surface area contributed by atoms with E-state index >= 15 is 0 Å². The fourth-order valence-corrected chi connectivity index (χ4v) is 1.91.